The number of piperazine rings is 1. The first-order chi connectivity index (χ1) is 12.6. The summed E-state index contributed by atoms with van der Waals surface area (Å²) >= 11 is 0. The molecule has 1 fully saturated rings. The summed E-state index contributed by atoms with van der Waals surface area (Å²) in [5, 5.41) is 2.79. The number of carbonyl (C=O) groups excluding carboxylic acids is 2. The molecule has 1 saturated heterocycles. The Labute approximate surface area is 155 Å². The van der Waals surface area contributed by atoms with Gasteiger partial charge in [-0.1, -0.05) is 12.1 Å². The fourth-order valence-electron chi connectivity index (χ4n) is 3.21. The molecular weight excluding hydrogens is 332 g/mol. The smallest absolute Gasteiger partial charge is 0.277 e. The van der Waals surface area contributed by atoms with Crippen molar-refractivity contribution in [1.29, 1.82) is 0 Å². The van der Waals surface area contributed by atoms with Crippen molar-refractivity contribution in [2.75, 3.05) is 64.4 Å². The van der Waals surface area contributed by atoms with Crippen LogP contribution < -0.4 is 19.9 Å². The third kappa shape index (κ3) is 5.36. The van der Waals surface area contributed by atoms with E-state index in [1.54, 1.807) is 7.11 Å². The normalized spacial score (nSPS) is 15.5. The second kappa shape index (κ2) is 10.0. The highest BCUT2D eigenvalue weighted by molar-refractivity contribution is 5.79. The molecule has 1 aliphatic heterocycles. The van der Waals surface area contributed by atoms with Gasteiger partial charge < -0.3 is 24.8 Å². The number of methoxy groups -OCH3 is 1. The van der Waals surface area contributed by atoms with Crippen molar-refractivity contribution in [2.24, 2.45) is 0 Å². The first-order valence-electron chi connectivity index (χ1n) is 9.35. The molecule has 0 bridgehead atoms. The topological polar surface area (TPSA) is 66.3 Å². The lowest BCUT2D eigenvalue weighted by Crippen LogP contribution is -3.14. The van der Waals surface area contributed by atoms with Crippen molar-refractivity contribution in [1.82, 2.24) is 10.2 Å². The van der Waals surface area contributed by atoms with E-state index >= 15 is 0 Å². The molecule has 2 rings (SSSR count). The van der Waals surface area contributed by atoms with Gasteiger partial charge in [-0.3, -0.25) is 9.59 Å². The standard InChI is InChI=1S/C19H30N4O3/c1-4-20-18(24)14-21(5-2)15-19(25)23-12-10-22(11-13-23)16-8-6-7-9-17(16)26-3/h6-9H,4-5,10-15H2,1-3H3,(H,20,24)/p+1. The second-order valence-electron chi connectivity index (χ2n) is 6.45. The van der Waals surface area contributed by atoms with E-state index in [1.165, 1.54) is 0 Å². The zero-order valence-corrected chi connectivity index (χ0v) is 16.1. The molecule has 1 unspecified atom stereocenters. The van der Waals surface area contributed by atoms with Gasteiger partial charge in [-0.15, -0.1) is 0 Å². The fourth-order valence-corrected chi connectivity index (χ4v) is 3.21. The van der Waals surface area contributed by atoms with Crippen LogP contribution in [0.4, 0.5) is 5.69 Å². The van der Waals surface area contributed by atoms with Gasteiger partial charge in [-0.05, 0) is 26.0 Å². The van der Waals surface area contributed by atoms with Crippen LogP contribution >= 0.6 is 0 Å². The van der Waals surface area contributed by atoms with E-state index in [0.717, 1.165) is 36.0 Å². The zero-order chi connectivity index (χ0) is 18.9. The van der Waals surface area contributed by atoms with E-state index in [2.05, 4.69) is 10.2 Å². The van der Waals surface area contributed by atoms with Crippen LogP contribution in [0.2, 0.25) is 0 Å². The monoisotopic (exact) mass is 363 g/mol. The number of hydrogen-bond acceptors (Lipinski definition) is 4. The number of hydrogen-bond donors (Lipinski definition) is 2. The molecule has 0 saturated carbocycles. The minimum atomic E-state index is -0.00172. The number of nitrogens with one attached hydrogen (secondary N) is 2. The summed E-state index contributed by atoms with van der Waals surface area (Å²) in [5.41, 5.74) is 1.07. The Bertz CT molecular complexity index is 600. The molecule has 7 nitrogen and oxygen atoms in total. The van der Waals surface area contributed by atoms with Crippen LogP contribution in [-0.4, -0.2) is 76.2 Å². The zero-order valence-electron chi connectivity index (χ0n) is 16.1. The number of likely N-dealkylation sites (N-methyl/N-ethyl adjacent to an activating group) is 2. The molecule has 1 heterocycles. The molecule has 1 atom stereocenters. The van der Waals surface area contributed by atoms with Crippen molar-refractivity contribution in [2.45, 2.75) is 13.8 Å². The van der Waals surface area contributed by atoms with Gasteiger partial charge in [0.05, 0.1) is 19.3 Å². The Morgan fingerprint density at radius 2 is 1.81 bits per heavy atom. The van der Waals surface area contributed by atoms with Crippen molar-refractivity contribution < 1.29 is 19.2 Å². The number of quaternary nitrogens is 1. The van der Waals surface area contributed by atoms with Crippen LogP contribution in [0.15, 0.2) is 24.3 Å². The summed E-state index contributed by atoms with van der Waals surface area (Å²) in [6.45, 7) is 8.92. The van der Waals surface area contributed by atoms with E-state index in [1.807, 2.05) is 43.0 Å². The van der Waals surface area contributed by atoms with Gasteiger partial charge in [0.25, 0.3) is 11.8 Å². The average molecular weight is 363 g/mol. The van der Waals surface area contributed by atoms with Crippen LogP contribution in [0.25, 0.3) is 0 Å². The number of benzene rings is 1. The van der Waals surface area contributed by atoms with Gasteiger partial charge in [0, 0.05) is 32.7 Å². The summed E-state index contributed by atoms with van der Waals surface area (Å²) in [6, 6.07) is 7.96. The summed E-state index contributed by atoms with van der Waals surface area (Å²) in [7, 11) is 1.68. The molecule has 1 aromatic carbocycles. The van der Waals surface area contributed by atoms with Crippen molar-refractivity contribution >= 4 is 17.5 Å². The molecule has 1 aromatic rings. The Morgan fingerprint density at radius 1 is 1.12 bits per heavy atom. The third-order valence-corrected chi connectivity index (χ3v) is 4.74. The summed E-state index contributed by atoms with van der Waals surface area (Å²) in [5.74, 6) is 0.972. The highest BCUT2D eigenvalue weighted by Crippen LogP contribution is 2.28. The first-order valence-corrected chi connectivity index (χ1v) is 9.35. The Kier molecular flexibility index (Phi) is 7.72. The van der Waals surface area contributed by atoms with Gasteiger partial charge in [-0.2, -0.15) is 0 Å². The molecule has 7 heteroatoms. The molecule has 2 amide bonds. The molecule has 1 aliphatic rings. The first kappa shape index (κ1) is 20.0. The summed E-state index contributed by atoms with van der Waals surface area (Å²) in [4.78, 5) is 29.5. The van der Waals surface area contributed by atoms with Crippen LogP contribution in [0.5, 0.6) is 5.75 Å². The van der Waals surface area contributed by atoms with E-state index < -0.39 is 0 Å². The largest absolute Gasteiger partial charge is 0.495 e. The van der Waals surface area contributed by atoms with Gasteiger partial charge >= 0.3 is 0 Å². The fraction of sp³-hybridized carbons (Fsp3) is 0.579. The summed E-state index contributed by atoms with van der Waals surface area (Å²) in [6.07, 6.45) is 0. The molecule has 0 radical (unpaired) electrons. The van der Waals surface area contributed by atoms with Crippen LogP contribution in [0, 0.1) is 0 Å². The lowest BCUT2D eigenvalue weighted by atomic mass is 10.2. The number of para-hydroxylation sites is 2. The summed E-state index contributed by atoms with van der Waals surface area (Å²) < 4.78 is 5.43. The molecule has 144 valence electrons. The molecule has 0 aromatic heterocycles. The maximum Gasteiger partial charge on any atom is 0.277 e. The Morgan fingerprint density at radius 3 is 2.42 bits per heavy atom. The van der Waals surface area contributed by atoms with E-state index in [4.69, 9.17) is 4.74 Å². The van der Waals surface area contributed by atoms with E-state index in [9.17, 15) is 9.59 Å². The van der Waals surface area contributed by atoms with E-state index in [-0.39, 0.29) is 11.8 Å². The lowest BCUT2D eigenvalue weighted by molar-refractivity contribution is -0.882. The van der Waals surface area contributed by atoms with Gasteiger partial charge in [0.15, 0.2) is 13.1 Å². The van der Waals surface area contributed by atoms with Crippen LogP contribution in [0.1, 0.15) is 13.8 Å². The molecule has 2 N–H and O–H groups in total. The predicted octanol–water partition coefficient (Wildman–Crippen LogP) is -0.615. The van der Waals surface area contributed by atoms with Crippen molar-refractivity contribution in [3.8, 4) is 5.75 Å². The van der Waals surface area contributed by atoms with Gasteiger partial charge in [0.2, 0.25) is 0 Å². The number of rotatable bonds is 8. The van der Waals surface area contributed by atoms with E-state index in [0.29, 0.717) is 32.7 Å². The lowest BCUT2D eigenvalue weighted by Gasteiger charge is -2.36. The highest BCUT2D eigenvalue weighted by atomic mass is 16.5. The third-order valence-electron chi connectivity index (χ3n) is 4.74. The number of nitrogens with zero attached hydrogens (tertiary/aromatic N) is 2. The van der Waals surface area contributed by atoms with Crippen molar-refractivity contribution in [3.63, 3.8) is 0 Å². The minimum Gasteiger partial charge on any atom is -0.495 e. The molecular formula is C19H31N4O3+. The Hall–Kier alpha value is -2.28. The maximum atomic E-state index is 12.6. The Balaban J connectivity index is 1.86. The predicted molar refractivity (Wildman–Crippen MR) is 102 cm³/mol. The number of carbonyl (C=O) groups is 2. The van der Waals surface area contributed by atoms with Gasteiger partial charge in [0.1, 0.15) is 5.75 Å². The number of amides is 2. The van der Waals surface area contributed by atoms with Crippen molar-refractivity contribution in [3.05, 3.63) is 24.3 Å². The van der Waals surface area contributed by atoms with Gasteiger partial charge in [-0.25, -0.2) is 0 Å². The average Bonchev–Trinajstić information content (AvgIpc) is 2.67. The van der Waals surface area contributed by atoms with Crippen LogP contribution in [-0.2, 0) is 9.59 Å². The second-order valence-corrected chi connectivity index (χ2v) is 6.45. The SMILES string of the molecule is CCNC(=O)C[NH+](CC)CC(=O)N1CCN(c2ccccc2OC)CC1. The number of anilines is 1. The molecule has 0 aliphatic carbocycles. The maximum absolute atomic E-state index is 12.6. The van der Waals surface area contributed by atoms with Crippen LogP contribution in [0.3, 0.4) is 0 Å². The highest BCUT2D eigenvalue weighted by Gasteiger charge is 2.25. The molecule has 0 spiro atoms. The minimum absolute atomic E-state index is 0.00172. The molecule has 26 heavy (non-hydrogen) atoms. The quantitative estimate of drug-likeness (QED) is 0.646. The number of ether oxygens (including phenoxy) is 1.